The summed E-state index contributed by atoms with van der Waals surface area (Å²) in [6.07, 6.45) is 0. The van der Waals surface area contributed by atoms with Crippen molar-refractivity contribution in [3.8, 4) is 45.0 Å². The smallest absolute Gasteiger partial charge is 0.143 e. The zero-order valence-electron chi connectivity index (χ0n) is 44.4. The normalized spacial score (nSPS) is 12.6. The van der Waals surface area contributed by atoms with Crippen LogP contribution in [0.1, 0.15) is 0 Å². The summed E-state index contributed by atoms with van der Waals surface area (Å²) in [6.45, 7) is 0. The number of nitrogens with zero attached hydrogens (tertiary/aromatic N) is 5. The van der Waals surface area contributed by atoms with E-state index in [1.54, 1.807) is 11.3 Å². The number of hydrogen-bond acceptors (Lipinski definition) is 5. The summed E-state index contributed by atoms with van der Waals surface area (Å²) in [6, 6.07) is 96.3. The molecule has 5 aromatic heterocycles. The van der Waals surface area contributed by atoms with E-state index in [4.69, 9.17) is 9.97 Å². The topological polar surface area (TPSA) is 38.9 Å². The Kier molecular flexibility index (Phi) is 9.31. The standard InChI is InChI=1S/C76H43N5S2/c1-2-19-49(20-3-1)80-63-31-16-27-57(67(63)58-40-38-45-17-4-7-22-52(45)72(58)80)68-51-21-6-5-18-46(51)43-60-54-25-15-32-64-73(54)81(74(60)68)62-30-11-10-29-61(62)79(64)50-39-37-44-35-36-47(41-48(44)42-50)69-70(78-76-71(77-69)56-24-9-13-34-66(56)83-76)59-28-14-26-55-53-23-8-12-33-65(53)82-75(55)59/h1-43H. The number of anilines is 3. The molecule has 19 rings (SSSR count). The Balaban J connectivity index is 0.843. The van der Waals surface area contributed by atoms with Crippen molar-refractivity contribution in [2.75, 3.05) is 4.90 Å². The molecule has 0 saturated carbocycles. The molecule has 7 heteroatoms. The van der Waals surface area contributed by atoms with Crippen LogP contribution >= 0.6 is 22.7 Å². The van der Waals surface area contributed by atoms with Crippen molar-refractivity contribution in [3.05, 3.63) is 261 Å². The van der Waals surface area contributed by atoms with Crippen LogP contribution in [0.15, 0.2) is 261 Å². The van der Waals surface area contributed by atoms with Gasteiger partial charge in [-0.3, -0.25) is 0 Å². The monoisotopic (exact) mass is 1090 g/mol. The first-order chi connectivity index (χ1) is 41.2. The molecule has 0 amide bonds. The molecule has 6 heterocycles. The Hall–Kier alpha value is -10.4. The van der Waals surface area contributed by atoms with Crippen LogP contribution in [0.3, 0.4) is 0 Å². The maximum Gasteiger partial charge on any atom is 0.143 e. The molecule has 0 unspecified atom stereocenters. The first-order valence-electron chi connectivity index (χ1n) is 28.2. The molecule has 384 valence electrons. The third kappa shape index (κ3) is 6.35. The molecule has 0 spiro atoms. The summed E-state index contributed by atoms with van der Waals surface area (Å²) in [5, 5.41) is 15.7. The van der Waals surface area contributed by atoms with Gasteiger partial charge in [-0.15, -0.1) is 22.7 Å². The maximum atomic E-state index is 5.64. The van der Waals surface area contributed by atoms with Crippen molar-refractivity contribution < 1.29 is 0 Å². The minimum absolute atomic E-state index is 0.882. The van der Waals surface area contributed by atoms with Gasteiger partial charge in [0.25, 0.3) is 0 Å². The maximum absolute atomic E-state index is 5.64. The predicted octanol–water partition coefficient (Wildman–Crippen LogP) is 21.7. The fourth-order valence-electron chi connectivity index (χ4n) is 14.1. The lowest BCUT2D eigenvalue weighted by Gasteiger charge is -2.33. The van der Waals surface area contributed by atoms with E-state index in [1.807, 2.05) is 11.3 Å². The Morgan fingerprint density at radius 1 is 0.325 bits per heavy atom. The second kappa shape index (κ2) is 17.0. The average Bonchev–Trinajstić information content (AvgIpc) is 2.85. The van der Waals surface area contributed by atoms with Crippen LogP contribution in [0.2, 0.25) is 0 Å². The van der Waals surface area contributed by atoms with E-state index >= 15 is 0 Å². The fraction of sp³-hybridized carbons (Fsp3) is 0. The van der Waals surface area contributed by atoms with Crippen molar-refractivity contribution in [3.63, 3.8) is 0 Å². The van der Waals surface area contributed by atoms with Gasteiger partial charge in [0.2, 0.25) is 0 Å². The van der Waals surface area contributed by atoms with Crippen molar-refractivity contribution in [1.82, 2.24) is 19.1 Å². The number of aromatic nitrogens is 4. The molecule has 1 aliphatic rings. The third-order valence-electron chi connectivity index (χ3n) is 17.6. The highest BCUT2D eigenvalue weighted by Crippen LogP contribution is 2.54. The Labute approximate surface area is 483 Å². The predicted molar refractivity (Wildman–Crippen MR) is 354 cm³/mol. The van der Waals surface area contributed by atoms with Crippen LogP contribution in [0, 0.1) is 0 Å². The van der Waals surface area contributed by atoms with Crippen LogP contribution in [-0.4, -0.2) is 19.1 Å². The molecule has 18 aromatic rings. The molecular formula is C76H43N5S2. The van der Waals surface area contributed by atoms with Crippen LogP contribution < -0.4 is 4.90 Å². The molecule has 13 aromatic carbocycles. The van der Waals surface area contributed by atoms with Crippen molar-refractivity contribution in [1.29, 1.82) is 0 Å². The molecule has 0 N–H and O–H groups in total. The van der Waals surface area contributed by atoms with Gasteiger partial charge in [0.05, 0.1) is 50.5 Å². The molecule has 0 atom stereocenters. The Bertz CT molecular complexity index is 5840. The van der Waals surface area contributed by atoms with Crippen molar-refractivity contribution in [2.45, 2.75) is 0 Å². The van der Waals surface area contributed by atoms with Crippen molar-refractivity contribution in [2.24, 2.45) is 0 Å². The molecular weight excluding hydrogens is 1050 g/mol. The Morgan fingerprint density at radius 3 is 1.89 bits per heavy atom. The lowest BCUT2D eigenvalue weighted by molar-refractivity contribution is 1.11. The van der Waals surface area contributed by atoms with E-state index in [0.29, 0.717) is 0 Å². The van der Waals surface area contributed by atoms with Gasteiger partial charge < -0.3 is 14.0 Å². The number of rotatable bonds is 5. The van der Waals surface area contributed by atoms with Gasteiger partial charge in [0.1, 0.15) is 10.3 Å². The zero-order chi connectivity index (χ0) is 54.0. The SMILES string of the molecule is c1ccc(-n2c3cccc(-c4c5ccccc5cc5c6cccc7c6n(c45)-c4ccccc4N7c4ccc5ccc(-c6nc7c(nc6-c6cccc8c6sc6ccccc68)sc6ccccc67)cc5c4)c3c3ccc4ccccc4c32)cc1. The quantitative estimate of drug-likeness (QED) is 0.172. The van der Waals surface area contributed by atoms with Gasteiger partial charge >= 0.3 is 0 Å². The summed E-state index contributed by atoms with van der Waals surface area (Å²) in [4.78, 5) is 14.7. The van der Waals surface area contributed by atoms with E-state index in [2.05, 4.69) is 275 Å². The number of hydrogen-bond donors (Lipinski definition) is 0. The largest absolute Gasteiger partial charge is 0.309 e. The highest BCUT2D eigenvalue weighted by atomic mass is 32.1. The van der Waals surface area contributed by atoms with Crippen LogP contribution in [-0.2, 0) is 0 Å². The van der Waals surface area contributed by atoms with Crippen molar-refractivity contribution >= 4 is 156 Å². The molecule has 0 radical (unpaired) electrons. The minimum atomic E-state index is 0.882. The second-order valence-corrected chi connectivity index (χ2v) is 24.0. The summed E-state index contributed by atoms with van der Waals surface area (Å²) < 4.78 is 8.75. The summed E-state index contributed by atoms with van der Waals surface area (Å²) in [5.74, 6) is 0. The zero-order valence-corrected chi connectivity index (χ0v) is 46.0. The number of benzene rings is 13. The molecule has 1 aliphatic heterocycles. The number of thiophene rings is 2. The van der Waals surface area contributed by atoms with E-state index in [-0.39, 0.29) is 0 Å². The van der Waals surface area contributed by atoms with Crippen LogP contribution in [0.5, 0.6) is 0 Å². The first kappa shape index (κ1) is 45.3. The highest BCUT2D eigenvalue weighted by Gasteiger charge is 2.32. The number of fused-ring (bicyclic) bond motifs is 18. The molecule has 0 fully saturated rings. The van der Waals surface area contributed by atoms with Gasteiger partial charge in [-0.25, -0.2) is 9.97 Å². The van der Waals surface area contributed by atoms with Crippen LogP contribution in [0.25, 0.3) is 162 Å². The van der Waals surface area contributed by atoms with E-state index in [0.717, 1.165) is 77.5 Å². The van der Waals surface area contributed by atoms with Gasteiger partial charge in [-0.1, -0.05) is 188 Å². The van der Waals surface area contributed by atoms with E-state index in [9.17, 15) is 0 Å². The summed E-state index contributed by atoms with van der Waals surface area (Å²) in [5.41, 5.74) is 17.7. The molecule has 0 aliphatic carbocycles. The average molecular weight is 1090 g/mol. The van der Waals surface area contributed by atoms with Gasteiger partial charge in [0, 0.05) is 85.3 Å². The number of para-hydroxylation sites is 4. The molecule has 83 heavy (non-hydrogen) atoms. The molecule has 5 nitrogen and oxygen atoms in total. The fourth-order valence-corrected chi connectivity index (χ4v) is 16.3. The first-order valence-corrected chi connectivity index (χ1v) is 29.8. The van der Waals surface area contributed by atoms with Gasteiger partial charge in [0.15, 0.2) is 0 Å². The van der Waals surface area contributed by atoms with Crippen LogP contribution in [0.4, 0.5) is 17.1 Å². The van der Waals surface area contributed by atoms with Gasteiger partial charge in [-0.2, -0.15) is 0 Å². The second-order valence-electron chi connectivity index (χ2n) is 22.0. The summed E-state index contributed by atoms with van der Waals surface area (Å²) in [7, 11) is 0. The molecule has 0 saturated heterocycles. The van der Waals surface area contributed by atoms with E-state index < -0.39 is 0 Å². The van der Waals surface area contributed by atoms with Gasteiger partial charge in [-0.05, 0) is 105 Å². The van der Waals surface area contributed by atoms with E-state index in [1.165, 1.54) is 101 Å². The highest BCUT2D eigenvalue weighted by molar-refractivity contribution is 7.26. The lowest BCUT2D eigenvalue weighted by atomic mass is 9.91. The molecule has 0 bridgehead atoms. The minimum Gasteiger partial charge on any atom is -0.309 e. The summed E-state index contributed by atoms with van der Waals surface area (Å²) >= 11 is 3.55. The third-order valence-corrected chi connectivity index (χ3v) is 19.8. The Morgan fingerprint density at radius 2 is 1.00 bits per heavy atom. The lowest BCUT2D eigenvalue weighted by Crippen LogP contribution is -2.18.